The molecular formula is C14H14F2N2O3. The fourth-order valence-electron chi connectivity index (χ4n) is 3.01. The number of hydrogen-bond donors (Lipinski definition) is 2. The number of nitrogens with one attached hydrogen (secondary N) is 1. The number of halogens is 2. The number of carboxylic acid groups (broad SMARTS) is 1. The molecule has 0 spiro atoms. The highest BCUT2D eigenvalue weighted by molar-refractivity contribution is 6.03. The van der Waals surface area contributed by atoms with Crippen molar-refractivity contribution < 1.29 is 23.5 Å². The molecule has 2 fully saturated rings. The SMILES string of the molecule is O=C(O)c1cc(F)cc(N2C[C@@H]3CNCC[C@]3(F)C2=O)c1. The van der Waals surface area contributed by atoms with Crippen LogP contribution >= 0.6 is 0 Å². The van der Waals surface area contributed by atoms with Gasteiger partial charge in [0, 0.05) is 31.1 Å². The van der Waals surface area contributed by atoms with Gasteiger partial charge in [-0.1, -0.05) is 0 Å². The Kier molecular flexibility index (Phi) is 3.16. The third kappa shape index (κ3) is 2.17. The fraction of sp³-hybridized carbons (Fsp3) is 0.429. The Bertz CT molecular complexity index is 622. The highest BCUT2D eigenvalue weighted by Gasteiger charge is 2.56. The lowest BCUT2D eigenvalue weighted by molar-refractivity contribution is -0.130. The van der Waals surface area contributed by atoms with Gasteiger partial charge in [0.2, 0.25) is 0 Å². The molecule has 2 saturated heterocycles. The van der Waals surface area contributed by atoms with Gasteiger partial charge in [-0.15, -0.1) is 0 Å². The summed E-state index contributed by atoms with van der Waals surface area (Å²) in [7, 11) is 0. The van der Waals surface area contributed by atoms with Crippen LogP contribution in [0.15, 0.2) is 18.2 Å². The first-order valence-corrected chi connectivity index (χ1v) is 6.67. The number of carboxylic acids is 1. The number of fused-ring (bicyclic) bond motifs is 1. The van der Waals surface area contributed by atoms with Crippen molar-refractivity contribution in [2.75, 3.05) is 24.5 Å². The third-order valence-corrected chi connectivity index (χ3v) is 4.15. The minimum atomic E-state index is -1.94. The molecule has 5 nitrogen and oxygen atoms in total. The summed E-state index contributed by atoms with van der Waals surface area (Å²) in [5, 5.41) is 12.0. The summed E-state index contributed by atoms with van der Waals surface area (Å²) in [6.07, 6.45) is 0.0775. The summed E-state index contributed by atoms with van der Waals surface area (Å²) < 4.78 is 28.3. The van der Waals surface area contributed by atoms with Crippen molar-refractivity contribution in [3.05, 3.63) is 29.6 Å². The Morgan fingerprint density at radius 2 is 2.19 bits per heavy atom. The maximum absolute atomic E-state index is 14.8. The first-order valence-electron chi connectivity index (χ1n) is 6.67. The number of benzene rings is 1. The molecule has 0 radical (unpaired) electrons. The molecule has 0 unspecified atom stereocenters. The maximum atomic E-state index is 14.8. The third-order valence-electron chi connectivity index (χ3n) is 4.15. The van der Waals surface area contributed by atoms with Crippen LogP contribution in [-0.2, 0) is 4.79 Å². The van der Waals surface area contributed by atoms with Crippen molar-refractivity contribution in [2.45, 2.75) is 12.1 Å². The molecule has 1 aromatic carbocycles. The first kappa shape index (κ1) is 13.9. The zero-order chi connectivity index (χ0) is 15.2. The number of nitrogens with zero attached hydrogens (tertiary/aromatic N) is 1. The van der Waals surface area contributed by atoms with Crippen LogP contribution in [-0.4, -0.2) is 42.3 Å². The second kappa shape index (κ2) is 4.77. The van der Waals surface area contributed by atoms with E-state index >= 15 is 0 Å². The second-order valence-corrected chi connectivity index (χ2v) is 5.43. The molecule has 112 valence electrons. The monoisotopic (exact) mass is 296 g/mol. The number of anilines is 1. The molecule has 0 bridgehead atoms. The Morgan fingerprint density at radius 3 is 2.86 bits per heavy atom. The van der Waals surface area contributed by atoms with E-state index in [1.54, 1.807) is 0 Å². The van der Waals surface area contributed by atoms with Gasteiger partial charge in [-0.2, -0.15) is 0 Å². The predicted octanol–water partition coefficient (Wildman–Crippen LogP) is 1.19. The standard InChI is InChI=1S/C14H14F2N2O3/c15-10-3-8(12(19)20)4-11(5-10)18-7-9-6-17-2-1-14(9,16)13(18)21/h3-5,9,17H,1-2,6-7H2,(H,19,20)/t9-,14+/m0/s1. The molecule has 2 N–H and O–H groups in total. The summed E-state index contributed by atoms with van der Waals surface area (Å²) >= 11 is 0. The smallest absolute Gasteiger partial charge is 0.335 e. The number of alkyl halides is 1. The van der Waals surface area contributed by atoms with Crippen LogP contribution in [0.1, 0.15) is 16.8 Å². The normalized spacial score (nSPS) is 28.6. The van der Waals surface area contributed by atoms with Crippen molar-refractivity contribution in [3.63, 3.8) is 0 Å². The van der Waals surface area contributed by atoms with Gasteiger partial charge in [0.15, 0.2) is 5.67 Å². The molecule has 2 heterocycles. The predicted molar refractivity (Wildman–Crippen MR) is 70.5 cm³/mol. The van der Waals surface area contributed by atoms with Crippen LogP contribution < -0.4 is 10.2 Å². The number of hydrogen-bond acceptors (Lipinski definition) is 3. The lowest BCUT2D eigenvalue weighted by Crippen LogP contribution is -2.49. The summed E-state index contributed by atoms with van der Waals surface area (Å²) in [4.78, 5) is 24.4. The van der Waals surface area contributed by atoms with Gasteiger partial charge in [-0.3, -0.25) is 4.79 Å². The summed E-state index contributed by atoms with van der Waals surface area (Å²) in [5.41, 5.74) is -2.12. The Hall–Kier alpha value is -2.02. The molecule has 1 amide bonds. The number of rotatable bonds is 2. The second-order valence-electron chi connectivity index (χ2n) is 5.43. The number of amides is 1. The van der Waals surface area contributed by atoms with Crippen LogP contribution in [0, 0.1) is 11.7 Å². The number of piperidine rings is 1. The van der Waals surface area contributed by atoms with Crippen LogP contribution in [0.25, 0.3) is 0 Å². The van der Waals surface area contributed by atoms with Gasteiger partial charge in [-0.25, -0.2) is 13.6 Å². The van der Waals surface area contributed by atoms with E-state index in [9.17, 15) is 18.4 Å². The van der Waals surface area contributed by atoms with E-state index in [1.165, 1.54) is 6.07 Å². The maximum Gasteiger partial charge on any atom is 0.335 e. The zero-order valence-electron chi connectivity index (χ0n) is 11.1. The molecular weight excluding hydrogens is 282 g/mol. The molecule has 21 heavy (non-hydrogen) atoms. The topological polar surface area (TPSA) is 69.6 Å². The van der Waals surface area contributed by atoms with Crippen LogP contribution in [0.2, 0.25) is 0 Å². The van der Waals surface area contributed by atoms with E-state index in [0.717, 1.165) is 17.0 Å². The van der Waals surface area contributed by atoms with Gasteiger partial charge >= 0.3 is 5.97 Å². The van der Waals surface area contributed by atoms with Crippen molar-refractivity contribution >= 4 is 17.6 Å². The zero-order valence-corrected chi connectivity index (χ0v) is 11.1. The molecule has 0 saturated carbocycles. The minimum absolute atomic E-state index is 0.0775. The molecule has 7 heteroatoms. The van der Waals surface area contributed by atoms with Gasteiger partial charge in [0.05, 0.1) is 5.56 Å². The summed E-state index contributed by atoms with van der Waals surface area (Å²) in [5.74, 6) is -3.28. The Morgan fingerprint density at radius 1 is 1.43 bits per heavy atom. The minimum Gasteiger partial charge on any atom is -0.478 e. The Balaban J connectivity index is 1.98. The fourth-order valence-corrected chi connectivity index (χ4v) is 3.01. The van der Waals surface area contributed by atoms with Crippen molar-refractivity contribution in [1.29, 1.82) is 0 Å². The molecule has 2 atom stereocenters. The number of carbonyl (C=O) groups excluding carboxylic acids is 1. The van der Waals surface area contributed by atoms with Crippen LogP contribution in [0.4, 0.5) is 14.5 Å². The van der Waals surface area contributed by atoms with Gasteiger partial charge < -0.3 is 15.3 Å². The molecule has 2 aliphatic heterocycles. The van der Waals surface area contributed by atoms with E-state index in [2.05, 4.69) is 5.32 Å². The average Bonchev–Trinajstić information content (AvgIpc) is 2.71. The Labute approximate surface area is 119 Å². The van der Waals surface area contributed by atoms with Crippen molar-refractivity contribution in [1.82, 2.24) is 5.32 Å². The number of aromatic carboxylic acids is 1. The van der Waals surface area contributed by atoms with E-state index in [1.807, 2.05) is 0 Å². The lowest BCUT2D eigenvalue weighted by atomic mass is 9.86. The largest absolute Gasteiger partial charge is 0.478 e. The van der Waals surface area contributed by atoms with Crippen LogP contribution in [0.5, 0.6) is 0 Å². The average molecular weight is 296 g/mol. The molecule has 0 aliphatic carbocycles. The van der Waals surface area contributed by atoms with Crippen molar-refractivity contribution in [2.24, 2.45) is 5.92 Å². The van der Waals surface area contributed by atoms with E-state index in [0.29, 0.717) is 13.1 Å². The van der Waals surface area contributed by atoms with Gasteiger partial charge in [-0.05, 0) is 24.7 Å². The summed E-state index contributed by atoms with van der Waals surface area (Å²) in [6, 6.07) is 3.11. The van der Waals surface area contributed by atoms with E-state index in [4.69, 9.17) is 5.11 Å². The molecule has 2 aliphatic rings. The van der Waals surface area contributed by atoms with Crippen LogP contribution in [0.3, 0.4) is 0 Å². The highest BCUT2D eigenvalue weighted by Crippen LogP contribution is 2.39. The van der Waals surface area contributed by atoms with Crippen molar-refractivity contribution in [3.8, 4) is 0 Å². The lowest BCUT2D eigenvalue weighted by Gasteiger charge is -2.29. The molecule has 0 aromatic heterocycles. The van der Waals surface area contributed by atoms with Gasteiger partial charge in [0.1, 0.15) is 5.82 Å². The van der Waals surface area contributed by atoms with E-state index < -0.39 is 29.3 Å². The quantitative estimate of drug-likeness (QED) is 0.860. The van der Waals surface area contributed by atoms with E-state index in [-0.39, 0.29) is 24.2 Å². The number of carbonyl (C=O) groups is 2. The summed E-state index contributed by atoms with van der Waals surface area (Å²) in [6.45, 7) is 0.904. The molecule has 1 aromatic rings. The first-order chi connectivity index (χ1) is 9.91. The van der Waals surface area contributed by atoms with Gasteiger partial charge in [0.25, 0.3) is 5.91 Å². The highest BCUT2D eigenvalue weighted by atomic mass is 19.1. The molecule has 3 rings (SSSR count).